The van der Waals surface area contributed by atoms with Crippen LogP contribution in [0.1, 0.15) is 11.1 Å². The van der Waals surface area contributed by atoms with E-state index >= 15 is 0 Å². The van der Waals surface area contributed by atoms with Crippen LogP contribution in [0, 0.1) is 13.8 Å². The summed E-state index contributed by atoms with van der Waals surface area (Å²) in [5, 5.41) is 4.24. The molecular formula is C12H15N3O2S. The first-order valence-electron chi connectivity index (χ1n) is 5.51. The van der Waals surface area contributed by atoms with Gasteiger partial charge in [0.2, 0.25) is 0 Å². The van der Waals surface area contributed by atoms with Gasteiger partial charge in [-0.2, -0.15) is 5.10 Å². The van der Waals surface area contributed by atoms with Crippen molar-refractivity contribution in [3.05, 3.63) is 41.6 Å². The van der Waals surface area contributed by atoms with Crippen LogP contribution in [0.15, 0.2) is 35.5 Å². The average Bonchev–Trinajstić information content (AvgIpc) is 2.82. The molecule has 2 rings (SSSR count). The summed E-state index contributed by atoms with van der Waals surface area (Å²) in [6, 6.07) is 7.32. The zero-order valence-corrected chi connectivity index (χ0v) is 11.3. The van der Waals surface area contributed by atoms with Crippen molar-refractivity contribution in [2.45, 2.75) is 18.9 Å². The van der Waals surface area contributed by atoms with Gasteiger partial charge in [0.15, 0.2) is 5.03 Å². The summed E-state index contributed by atoms with van der Waals surface area (Å²) < 4.78 is 27.5. The lowest BCUT2D eigenvalue weighted by Crippen LogP contribution is -2.22. The van der Waals surface area contributed by atoms with E-state index in [0.717, 1.165) is 16.8 Å². The van der Waals surface area contributed by atoms with E-state index in [1.165, 1.54) is 24.0 Å². The minimum atomic E-state index is -3.51. The third kappa shape index (κ3) is 2.16. The number of benzene rings is 1. The fourth-order valence-electron chi connectivity index (χ4n) is 1.73. The predicted molar refractivity (Wildman–Crippen MR) is 69.3 cm³/mol. The van der Waals surface area contributed by atoms with Crippen LogP contribution in [0.25, 0.3) is 5.69 Å². The topological polar surface area (TPSA) is 64.0 Å². The lowest BCUT2D eigenvalue weighted by atomic mass is 10.1. The molecule has 2 aromatic rings. The molecule has 0 amide bonds. The van der Waals surface area contributed by atoms with E-state index in [0.29, 0.717) is 0 Å². The Morgan fingerprint density at radius 3 is 2.61 bits per heavy atom. The highest BCUT2D eigenvalue weighted by Gasteiger charge is 2.19. The fraction of sp³-hybridized carbons (Fsp3) is 0.250. The van der Waals surface area contributed by atoms with Crippen LogP contribution in [-0.2, 0) is 10.0 Å². The standard InChI is InChI=1S/C12H15N3O2S/c1-9-4-5-10(2)11(8-9)15-12(6-7-14-15)18(16,17)13-3/h4-8,13H,1-3H3. The molecule has 0 bridgehead atoms. The summed E-state index contributed by atoms with van der Waals surface area (Å²) in [5.74, 6) is 0. The van der Waals surface area contributed by atoms with Crippen LogP contribution >= 0.6 is 0 Å². The molecule has 96 valence electrons. The Kier molecular flexibility index (Phi) is 3.23. The number of sulfonamides is 1. The van der Waals surface area contributed by atoms with E-state index in [2.05, 4.69) is 9.82 Å². The molecule has 0 radical (unpaired) electrons. The Balaban J connectivity index is 2.67. The van der Waals surface area contributed by atoms with Gasteiger partial charge in [-0.1, -0.05) is 12.1 Å². The van der Waals surface area contributed by atoms with Gasteiger partial charge in [-0.25, -0.2) is 17.8 Å². The van der Waals surface area contributed by atoms with E-state index in [9.17, 15) is 8.42 Å². The van der Waals surface area contributed by atoms with Gasteiger partial charge in [-0.05, 0) is 44.2 Å². The lowest BCUT2D eigenvalue weighted by Gasteiger charge is -2.11. The van der Waals surface area contributed by atoms with Gasteiger partial charge < -0.3 is 0 Å². The molecule has 0 aliphatic heterocycles. The van der Waals surface area contributed by atoms with Crippen LogP contribution in [-0.4, -0.2) is 25.2 Å². The van der Waals surface area contributed by atoms with Crippen LogP contribution in [0.2, 0.25) is 0 Å². The number of aromatic nitrogens is 2. The first-order chi connectivity index (χ1) is 8.45. The molecule has 0 spiro atoms. The second-order valence-corrected chi connectivity index (χ2v) is 5.91. The highest BCUT2D eigenvalue weighted by molar-refractivity contribution is 7.89. The second-order valence-electron chi connectivity index (χ2n) is 4.08. The molecule has 0 aliphatic rings. The van der Waals surface area contributed by atoms with Gasteiger partial charge in [0.25, 0.3) is 10.0 Å². The molecule has 1 heterocycles. The molecular weight excluding hydrogens is 250 g/mol. The Morgan fingerprint density at radius 1 is 1.22 bits per heavy atom. The molecule has 1 aromatic heterocycles. The molecule has 18 heavy (non-hydrogen) atoms. The summed E-state index contributed by atoms with van der Waals surface area (Å²) in [6.45, 7) is 3.88. The van der Waals surface area contributed by atoms with E-state index in [4.69, 9.17) is 0 Å². The minimum Gasteiger partial charge on any atom is -0.220 e. The number of hydrogen-bond donors (Lipinski definition) is 1. The molecule has 0 saturated heterocycles. The van der Waals surface area contributed by atoms with E-state index in [-0.39, 0.29) is 5.03 Å². The first kappa shape index (κ1) is 12.8. The SMILES string of the molecule is CNS(=O)(=O)c1ccnn1-c1cc(C)ccc1C. The number of hydrogen-bond acceptors (Lipinski definition) is 3. The normalized spacial score (nSPS) is 11.7. The maximum Gasteiger partial charge on any atom is 0.257 e. The number of nitrogens with zero attached hydrogens (tertiary/aromatic N) is 2. The van der Waals surface area contributed by atoms with Crippen molar-refractivity contribution in [2.75, 3.05) is 7.05 Å². The summed E-state index contributed by atoms with van der Waals surface area (Å²) in [4.78, 5) is 0. The Morgan fingerprint density at radius 2 is 1.94 bits per heavy atom. The number of aryl methyl sites for hydroxylation is 2. The molecule has 0 saturated carbocycles. The van der Waals surface area contributed by atoms with Crippen molar-refractivity contribution in [3.8, 4) is 5.69 Å². The molecule has 5 nitrogen and oxygen atoms in total. The molecule has 0 aliphatic carbocycles. The average molecular weight is 265 g/mol. The van der Waals surface area contributed by atoms with Crippen LogP contribution in [0.5, 0.6) is 0 Å². The molecule has 0 atom stereocenters. The van der Waals surface area contributed by atoms with E-state index in [1.54, 1.807) is 0 Å². The monoisotopic (exact) mass is 265 g/mol. The predicted octanol–water partition coefficient (Wildman–Crippen LogP) is 1.40. The number of rotatable bonds is 3. The lowest BCUT2D eigenvalue weighted by molar-refractivity contribution is 0.577. The zero-order valence-electron chi connectivity index (χ0n) is 10.5. The Bertz CT molecular complexity index is 674. The van der Waals surface area contributed by atoms with Crippen LogP contribution in [0.4, 0.5) is 0 Å². The van der Waals surface area contributed by atoms with E-state index < -0.39 is 10.0 Å². The van der Waals surface area contributed by atoms with Crippen molar-refractivity contribution in [1.82, 2.24) is 14.5 Å². The molecule has 0 fully saturated rings. The molecule has 1 aromatic carbocycles. The van der Waals surface area contributed by atoms with Gasteiger partial charge in [0.1, 0.15) is 0 Å². The highest BCUT2D eigenvalue weighted by atomic mass is 32.2. The quantitative estimate of drug-likeness (QED) is 0.912. The van der Waals surface area contributed by atoms with Crippen molar-refractivity contribution in [1.29, 1.82) is 0 Å². The van der Waals surface area contributed by atoms with E-state index in [1.807, 2.05) is 32.0 Å². The Hall–Kier alpha value is -1.66. The maximum atomic E-state index is 11.9. The molecule has 1 N–H and O–H groups in total. The van der Waals surface area contributed by atoms with Crippen LogP contribution < -0.4 is 4.72 Å². The highest BCUT2D eigenvalue weighted by Crippen LogP contribution is 2.19. The smallest absolute Gasteiger partial charge is 0.220 e. The van der Waals surface area contributed by atoms with Crippen molar-refractivity contribution in [2.24, 2.45) is 0 Å². The van der Waals surface area contributed by atoms with Crippen molar-refractivity contribution < 1.29 is 8.42 Å². The summed E-state index contributed by atoms with van der Waals surface area (Å²) in [5.41, 5.74) is 2.80. The summed E-state index contributed by atoms with van der Waals surface area (Å²) >= 11 is 0. The van der Waals surface area contributed by atoms with Gasteiger partial charge >= 0.3 is 0 Å². The van der Waals surface area contributed by atoms with Crippen molar-refractivity contribution in [3.63, 3.8) is 0 Å². The summed E-state index contributed by atoms with van der Waals surface area (Å²) in [7, 11) is -2.13. The van der Waals surface area contributed by atoms with Crippen molar-refractivity contribution >= 4 is 10.0 Å². The zero-order chi connectivity index (χ0) is 13.3. The minimum absolute atomic E-state index is 0.138. The Labute approximate surface area is 107 Å². The van der Waals surface area contributed by atoms with Gasteiger partial charge in [-0.15, -0.1) is 0 Å². The molecule has 0 unspecified atom stereocenters. The van der Waals surface area contributed by atoms with Gasteiger partial charge in [-0.3, -0.25) is 0 Å². The third-order valence-corrected chi connectivity index (χ3v) is 4.14. The first-order valence-corrected chi connectivity index (χ1v) is 6.99. The maximum absolute atomic E-state index is 11.9. The molecule has 6 heteroatoms. The van der Waals surface area contributed by atoms with Crippen LogP contribution in [0.3, 0.4) is 0 Å². The second kappa shape index (κ2) is 4.55. The van der Waals surface area contributed by atoms with Gasteiger partial charge in [0.05, 0.1) is 11.9 Å². The largest absolute Gasteiger partial charge is 0.257 e. The number of nitrogens with one attached hydrogen (secondary N) is 1. The third-order valence-electron chi connectivity index (χ3n) is 2.74. The van der Waals surface area contributed by atoms with Gasteiger partial charge in [0, 0.05) is 0 Å². The summed E-state index contributed by atoms with van der Waals surface area (Å²) in [6.07, 6.45) is 1.48. The fourth-order valence-corrected chi connectivity index (χ4v) is 2.55.